The second-order valence-corrected chi connectivity index (χ2v) is 15.1. The molecule has 2 aromatic rings. The van der Waals surface area contributed by atoms with E-state index in [1.807, 2.05) is 20.8 Å². The number of benzene rings is 2. The van der Waals surface area contributed by atoms with Gasteiger partial charge in [-0.05, 0) is 49.0 Å². The fraction of sp³-hybridized carbons (Fsp3) is 0.464. The van der Waals surface area contributed by atoms with Gasteiger partial charge in [-0.25, -0.2) is 4.79 Å². The summed E-state index contributed by atoms with van der Waals surface area (Å²) in [6.45, 7) is 13.6. The van der Waals surface area contributed by atoms with Crippen LogP contribution in [0.5, 0.6) is 0 Å². The molecule has 0 aliphatic carbocycles. The van der Waals surface area contributed by atoms with Crippen molar-refractivity contribution in [3.05, 3.63) is 72.8 Å². The molecule has 0 N–H and O–H groups in total. The van der Waals surface area contributed by atoms with Gasteiger partial charge in [-0.1, -0.05) is 93.6 Å². The molecule has 5 heteroatoms. The largest absolute Gasteiger partial charge is 0.444 e. The van der Waals surface area contributed by atoms with Crippen LogP contribution in [0.25, 0.3) is 0 Å². The molecular weight excluding hydrogens is 426 g/mol. The Bertz CT molecular complexity index is 890. The minimum Gasteiger partial charge on any atom is -0.444 e. The lowest BCUT2D eigenvalue weighted by molar-refractivity contribution is 0.0177. The van der Waals surface area contributed by atoms with Crippen LogP contribution >= 0.6 is 0 Å². The zero-order valence-electron chi connectivity index (χ0n) is 21.0. The smallest absolute Gasteiger partial charge is 0.410 e. The Morgan fingerprint density at radius 3 is 1.91 bits per heavy atom. The van der Waals surface area contributed by atoms with E-state index in [-0.39, 0.29) is 17.2 Å². The Labute approximate surface area is 200 Å². The molecule has 0 radical (unpaired) electrons. The third-order valence-corrected chi connectivity index (χ3v) is 11.1. The summed E-state index contributed by atoms with van der Waals surface area (Å²) >= 11 is 0. The van der Waals surface area contributed by atoms with Crippen LogP contribution in [0.2, 0.25) is 5.04 Å². The van der Waals surface area contributed by atoms with Crippen molar-refractivity contribution in [2.45, 2.75) is 71.1 Å². The van der Waals surface area contributed by atoms with Gasteiger partial charge < -0.3 is 14.1 Å². The summed E-state index contributed by atoms with van der Waals surface area (Å²) in [7, 11) is -2.69. The molecule has 3 rings (SSSR count). The van der Waals surface area contributed by atoms with Crippen LogP contribution in [0, 0.1) is 0 Å². The van der Waals surface area contributed by atoms with Crippen molar-refractivity contribution in [2.24, 2.45) is 0 Å². The number of ether oxygens (including phenoxy) is 1. The summed E-state index contributed by atoms with van der Waals surface area (Å²) < 4.78 is 13.0. The topological polar surface area (TPSA) is 38.8 Å². The molecule has 0 fully saturated rings. The molecule has 1 amide bonds. The summed E-state index contributed by atoms with van der Waals surface area (Å²) in [5.74, 6) is 0. The van der Waals surface area contributed by atoms with Crippen molar-refractivity contribution in [3.63, 3.8) is 0 Å². The number of amides is 1. The van der Waals surface area contributed by atoms with Gasteiger partial charge in [0, 0.05) is 13.1 Å². The fourth-order valence-electron chi connectivity index (χ4n) is 4.53. The van der Waals surface area contributed by atoms with Crippen LogP contribution in [0.1, 0.15) is 54.4 Å². The second-order valence-electron chi connectivity index (χ2n) is 10.8. The van der Waals surface area contributed by atoms with Crippen molar-refractivity contribution in [1.29, 1.82) is 0 Å². The number of nitrogens with zero attached hydrogens (tertiary/aromatic N) is 1. The highest BCUT2D eigenvalue weighted by atomic mass is 28.4. The Morgan fingerprint density at radius 1 is 0.879 bits per heavy atom. The van der Waals surface area contributed by atoms with Crippen LogP contribution in [0.15, 0.2) is 72.8 Å². The Kier molecular flexibility index (Phi) is 7.86. The summed E-state index contributed by atoms with van der Waals surface area (Å²) in [4.78, 5) is 14.7. The third kappa shape index (κ3) is 6.15. The first-order valence-electron chi connectivity index (χ1n) is 11.9. The lowest BCUT2D eigenvalue weighted by atomic mass is 10.1. The lowest BCUT2D eigenvalue weighted by Gasteiger charge is -2.46. The Balaban J connectivity index is 2.03. The first-order valence-corrected chi connectivity index (χ1v) is 13.9. The zero-order valence-corrected chi connectivity index (χ0v) is 22.0. The van der Waals surface area contributed by atoms with Gasteiger partial charge in [-0.3, -0.25) is 0 Å². The van der Waals surface area contributed by atoms with Gasteiger partial charge in [0.05, 0.1) is 6.10 Å². The van der Waals surface area contributed by atoms with E-state index in [1.165, 1.54) is 10.4 Å². The molecule has 0 saturated carbocycles. The van der Waals surface area contributed by atoms with Gasteiger partial charge in [0.1, 0.15) is 5.60 Å². The first kappa shape index (κ1) is 25.3. The predicted octanol–water partition coefficient (Wildman–Crippen LogP) is 5.52. The van der Waals surface area contributed by atoms with Crippen molar-refractivity contribution < 1.29 is 14.0 Å². The maximum Gasteiger partial charge on any atom is 0.410 e. The highest BCUT2D eigenvalue weighted by Crippen LogP contribution is 2.38. The van der Waals surface area contributed by atoms with Crippen LogP contribution in [0.3, 0.4) is 0 Å². The average Bonchev–Trinajstić information content (AvgIpc) is 2.72. The van der Waals surface area contributed by atoms with Gasteiger partial charge >= 0.3 is 6.09 Å². The molecule has 0 unspecified atom stereocenters. The number of rotatable bonds is 4. The molecule has 0 saturated heterocycles. The summed E-state index contributed by atoms with van der Waals surface area (Å²) in [5.41, 5.74) is -0.530. The zero-order chi connectivity index (χ0) is 24.1. The van der Waals surface area contributed by atoms with Gasteiger partial charge in [0.2, 0.25) is 0 Å². The first-order chi connectivity index (χ1) is 15.5. The van der Waals surface area contributed by atoms with E-state index in [0.717, 1.165) is 12.8 Å². The van der Waals surface area contributed by atoms with Crippen molar-refractivity contribution in [2.75, 3.05) is 13.1 Å². The molecule has 0 aromatic heterocycles. The molecule has 33 heavy (non-hydrogen) atoms. The maximum atomic E-state index is 13.0. The summed E-state index contributed by atoms with van der Waals surface area (Å²) in [6, 6.07) is 21.3. The van der Waals surface area contributed by atoms with E-state index in [1.54, 1.807) is 4.90 Å². The molecular formula is C28H39NO3Si. The van der Waals surface area contributed by atoms with Crippen molar-refractivity contribution >= 4 is 24.8 Å². The number of carbonyl (C=O) groups is 1. The van der Waals surface area contributed by atoms with E-state index >= 15 is 0 Å². The van der Waals surface area contributed by atoms with Crippen LogP contribution in [0.4, 0.5) is 4.79 Å². The summed E-state index contributed by atoms with van der Waals surface area (Å²) in [6.07, 6.45) is 5.63. The molecule has 1 atom stereocenters. The van der Waals surface area contributed by atoms with Gasteiger partial charge in [0.25, 0.3) is 8.32 Å². The van der Waals surface area contributed by atoms with Crippen molar-refractivity contribution in [1.82, 2.24) is 4.90 Å². The second kappa shape index (κ2) is 10.3. The number of hydrogen-bond acceptors (Lipinski definition) is 3. The molecule has 178 valence electrons. The highest BCUT2D eigenvalue weighted by Gasteiger charge is 2.51. The van der Waals surface area contributed by atoms with E-state index in [4.69, 9.17) is 9.16 Å². The van der Waals surface area contributed by atoms with E-state index in [2.05, 4.69) is 93.6 Å². The third-order valence-electron chi connectivity index (χ3n) is 5.98. The molecule has 1 aliphatic rings. The Hall–Kier alpha value is -2.37. The monoisotopic (exact) mass is 465 g/mol. The van der Waals surface area contributed by atoms with Crippen LogP contribution < -0.4 is 10.4 Å². The molecule has 0 spiro atoms. The quantitative estimate of drug-likeness (QED) is 0.441. The molecule has 1 aliphatic heterocycles. The molecule has 4 nitrogen and oxygen atoms in total. The summed E-state index contributed by atoms with van der Waals surface area (Å²) in [5, 5.41) is 2.40. The van der Waals surface area contributed by atoms with E-state index < -0.39 is 13.9 Å². The predicted molar refractivity (Wildman–Crippen MR) is 139 cm³/mol. The average molecular weight is 466 g/mol. The highest BCUT2D eigenvalue weighted by molar-refractivity contribution is 6.99. The molecule has 2 aromatic carbocycles. The van der Waals surface area contributed by atoms with Gasteiger partial charge in [0.15, 0.2) is 0 Å². The molecule has 0 bridgehead atoms. The Morgan fingerprint density at radius 2 is 1.42 bits per heavy atom. The van der Waals surface area contributed by atoms with Gasteiger partial charge in [-0.2, -0.15) is 0 Å². The number of carbonyl (C=O) groups excluding carboxylic acids is 1. The van der Waals surface area contributed by atoms with Gasteiger partial charge in [-0.15, -0.1) is 0 Å². The van der Waals surface area contributed by atoms with E-state index in [0.29, 0.717) is 13.1 Å². The minimum absolute atomic E-state index is 0.0891. The molecule has 1 heterocycles. The SMILES string of the molecule is CC(C)(C)OC(=O)N1C/C=C\CC[C@@H](O[Si](c2ccccc2)(c2ccccc2)C(C)(C)C)C1. The minimum atomic E-state index is -2.69. The lowest BCUT2D eigenvalue weighted by Crippen LogP contribution is -2.68. The van der Waals surface area contributed by atoms with Crippen molar-refractivity contribution in [3.8, 4) is 0 Å². The van der Waals surface area contributed by atoms with Crippen LogP contribution in [-0.2, 0) is 9.16 Å². The maximum absolute atomic E-state index is 13.0. The van der Waals surface area contributed by atoms with Crippen LogP contribution in [-0.4, -0.2) is 44.1 Å². The fourth-order valence-corrected chi connectivity index (χ4v) is 9.23. The number of hydrogen-bond donors (Lipinski definition) is 0. The standard InChI is InChI=1S/C28H39NO3Si/c1-27(2,3)31-26(30)29-21-15-9-10-16-23(22-29)32-33(28(4,5)6,24-17-11-7-12-18-24)25-19-13-8-14-20-25/h7-9,11-15,17-20,23H,10,16,21-22H2,1-6H3/b15-9-/t23-/m1/s1. The van der Waals surface area contributed by atoms with E-state index in [9.17, 15) is 4.79 Å². The number of allylic oxidation sites excluding steroid dienone is 1. The normalized spacial score (nSPS) is 18.8.